The van der Waals surface area contributed by atoms with Crippen LogP contribution in [0.15, 0.2) is 52.3 Å². The molecule has 0 N–H and O–H groups in total. The van der Waals surface area contributed by atoms with Gasteiger partial charge in [-0.25, -0.2) is 16.8 Å². The lowest BCUT2D eigenvalue weighted by Gasteiger charge is -2.30. The smallest absolute Gasteiger partial charge is 0.373 e. The Morgan fingerprint density at radius 1 is 1.00 bits per heavy atom. The van der Waals surface area contributed by atoms with Crippen LogP contribution < -0.4 is 0 Å². The van der Waals surface area contributed by atoms with E-state index in [4.69, 9.17) is 4.74 Å². The Morgan fingerprint density at radius 3 is 2.33 bits per heavy atom. The van der Waals surface area contributed by atoms with E-state index >= 15 is 0 Å². The lowest BCUT2D eigenvalue weighted by Crippen LogP contribution is -2.31. The first-order valence-corrected chi connectivity index (χ1v) is 12.6. The third-order valence-electron chi connectivity index (χ3n) is 5.19. The number of sulfone groups is 2. The number of hydrogen-bond donors (Lipinski definition) is 0. The second-order valence-corrected chi connectivity index (χ2v) is 11.6. The zero-order valence-corrected chi connectivity index (χ0v) is 17.9. The van der Waals surface area contributed by atoms with E-state index in [1.165, 1.54) is 12.1 Å². The quantitative estimate of drug-likeness (QED) is 0.683. The number of benzene rings is 2. The largest absolute Gasteiger partial charge is 0.416 e. The van der Waals surface area contributed by atoms with Crippen LogP contribution in [0.2, 0.25) is 0 Å². The van der Waals surface area contributed by atoms with Gasteiger partial charge in [-0.15, -0.1) is 0 Å². The number of halogens is 3. The molecule has 2 aromatic carbocycles. The molecule has 0 spiro atoms. The van der Waals surface area contributed by atoms with E-state index in [9.17, 15) is 30.0 Å². The summed E-state index contributed by atoms with van der Waals surface area (Å²) in [4.78, 5) is -0.292. The van der Waals surface area contributed by atoms with E-state index in [1.807, 2.05) is 0 Å². The molecule has 0 aliphatic carbocycles. The van der Waals surface area contributed by atoms with Gasteiger partial charge in [0.25, 0.3) is 0 Å². The maximum atomic E-state index is 13.0. The fraction of sp³-hybridized carbons (Fsp3) is 0.400. The maximum absolute atomic E-state index is 13.0. The minimum absolute atomic E-state index is 0.0205. The molecular formula is C20H21F3O5S2. The Kier molecular flexibility index (Phi) is 6.05. The van der Waals surface area contributed by atoms with E-state index in [-0.39, 0.29) is 29.2 Å². The van der Waals surface area contributed by atoms with Gasteiger partial charge in [0.15, 0.2) is 19.7 Å². The highest BCUT2D eigenvalue weighted by molar-refractivity contribution is 7.92. The first-order valence-electron chi connectivity index (χ1n) is 9.13. The minimum atomic E-state index is -4.65. The molecule has 1 aliphatic rings. The molecule has 0 amide bonds. The van der Waals surface area contributed by atoms with Gasteiger partial charge >= 0.3 is 6.18 Å². The van der Waals surface area contributed by atoms with Gasteiger partial charge in [0.1, 0.15) is 0 Å². The molecule has 1 fully saturated rings. The summed E-state index contributed by atoms with van der Waals surface area (Å²) in [6, 6.07) is 8.26. The van der Waals surface area contributed by atoms with Gasteiger partial charge in [0.2, 0.25) is 0 Å². The molecule has 10 heteroatoms. The first kappa shape index (κ1) is 22.8. The molecule has 3 rings (SSSR count). The number of alkyl halides is 3. The average molecular weight is 463 g/mol. The van der Waals surface area contributed by atoms with Gasteiger partial charge < -0.3 is 4.74 Å². The Bertz CT molecular complexity index is 1160. The third kappa shape index (κ3) is 4.70. The topological polar surface area (TPSA) is 77.5 Å². The second-order valence-electron chi connectivity index (χ2n) is 7.37. The van der Waals surface area contributed by atoms with Crippen molar-refractivity contribution in [3.05, 3.63) is 59.2 Å². The molecule has 1 aliphatic heterocycles. The van der Waals surface area contributed by atoms with E-state index in [0.717, 1.165) is 30.0 Å². The van der Waals surface area contributed by atoms with Gasteiger partial charge in [0.05, 0.1) is 26.7 Å². The minimum Gasteiger partial charge on any atom is -0.373 e. The number of rotatable bonds is 4. The molecule has 1 heterocycles. The molecule has 30 heavy (non-hydrogen) atoms. The van der Waals surface area contributed by atoms with E-state index in [0.29, 0.717) is 11.6 Å². The van der Waals surface area contributed by atoms with E-state index in [2.05, 4.69) is 0 Å². The normalized spacial score (nSPS) is 20.8. The standard InChI is InChI=1S/C20H21F3O5S2/c1-13-6-7-15(29(2,24)25)11-18(13)19-12-17(8-9-28-19)30(26,27)16-5-3-4-14(10-16)20(21,22)23/h3-7,10-11,17,19H,8-9,12H2,1-2H3. The fourth-order valence-corrected chi connectivity index (χ4v) is 5.94. The van der Waals surface area contributed by atoms with Crippen LogP contribution in [0.5, 0.6) is 0 Å². The van der Waals surface area contributed by atoms with Crippen molar-refractivity contribution >= 4 is 19.7 Å². The van der Waals surface area contributed by atoms with Crippen LogP contribution in [-0.2, 0) is 30.6 Å². The van der Waals surface area contributed by atoms with Crippen molar-refractivity contribution < 1.29 is 34.7 Å². The Morgan fingerprint density at radius 2 is 1.70 bits per heavy atom. The van der Waals surface area contributed by atoms with Crippen LogP contribution in [-0.4, -0.2) is 34.9 Å². The second kappa shape index (κ2) is 7.97. The summed E-state index contributed by atoms with van der Waals surface area (Å²) in [5.74, 6) is 0. The van der Waals surface area contributed by atoms with Crippen molar-refractivity contribution in [2.45, 2.75) is 47.1 Å². The van der Waals surface area contributed by atoms with E-state index < -0.39 is 42.8 Å². The molecule has 2 unspecified atom stereocenters. The fourth-order valence-electron chi connectivity index (χ4n) is 3.50. The van der Waals surface area contributed by atoms with Crippen LogP contribution in [0.25, 0.3) is 0 Å². The Labute approximate surface area is 173 Å². The summed E-state index contributed by atoms with van der Waals surface area (Å²) < 4.78 is 94.5. The van der Waals surface area contributed by atoms with Crippen LogP contribution in [0, 0.1) is 6.92 Å². The van der Waals surface area contributed by atoms with Crippen LogP contribution in [0.3, 0.4) is 0 Å². The maximum Gasteiger partial charge on any atom is 0.416 e. The SMILES string of the molecule is Cc1ccc(S(C)(=O)=O)cc1C1CC(S(=O)(=O)c2cccc(C(F)(F)F)c2)CCO1. The molecular weight excluding hydrogens is 441 g/mol. The number of aryl methyl sites for hydroxylation is 1. The van der Waals surface area contributed by atoms with E-state index in [1.54, 1.807) is 13.0 Å². The van der Waals surface area contributed by atoms with Crippen molar-refractivity contribution in [3.8, 4) is 0 Å². The molecule has 2 atom stereocenters. The van der Waals surface area contributed by atoms with Crippen molar-refractivity contribution in [3.63, 3.8) is 0 Å². The van der Waals surface area contributed by atoms with Gasteiger partial charge in [-0.3, -0.25) is 0 Å². The predicted molar refractivity (Wildman–Crippen MR) is 105 cm³/mol. The van der Waals surface area contributed by atoms with Gasteiger partial charge in [-0.05, 0) is 61.2 Å². The highest BCUT2D eigenvalue weighted by Crippen LogP contribution is 2.37. The molecule has 5 nitrogen and oxygen atoms in total. The molecule has 2 aromatic rings. The van der Waals surface area contributed by atoms with Crippen molar-refractivity contribution in [2.75, 3.05) is 12.9 Å². The van der Waals surface area contributed by atoms with Crippen molar-refractivity contribution in [2.24, 2.45) is 0 Å². The first-order chi connectivity index (χ1) is 13.8. The molecule has 0 bridgehead atoms. The summed E-state index contributed by atoms with van der Waals surface area (Å²) in [5, 5.41) is -0.943. The highest BCUT2D eigenvalue weighted by atomic mass is 32.2. The summed E-state index contributed by atoms with van der Waals surface area (Å²) in [5.41, 5.74) is 0.273. The van der Waals surface area contributed by atoms with Crippen LogP contribution in [0.4, 0.5) is 13.2 Å². The zero-order valence-electron chi connectivity index (χ0n) is 16.3. The lowest BCUT2D eigenvalue weighted by atomic mass is 9.97. The molecule has 0 saturated carbocycles. The number of hydrogen-bond acceptors (Lipinski definition) is 5. The molecule has 164 valence electrons. The summed E-state index contributed by atoms with van der Waals surface area (Å²) in [7, 11) is -7.50. The van der Waals surface area contributed by atoms with Crippen LogP contribution in [0.1, 0.15) is 35.6 Å². The monoisotopic (exact) mass is 462 g/mol. The highest BCUT2D eigenvalue weighted by Gasteiger charge is 2.37. The third-order valence-corrected chi connectivity index (χ3v) is 8.52. The summed E-state index contributed by atoms with van der Waals surface area (Å²) in [6.07, 6.45) is -4.09. The van der Waals surface area contributed by atoms with Gasteiger partial charge in [-0.2, -0.15) is 13.2 Å². The average Bonchev–Trinajstić information content (AvgIpc) is 2.67. The van der Waals surface area contributed by atoms with Crippen molar-refractivity contribution in [1.82, 2.24) is 0 Å². The number of ether oxygens (including phenoxy) is 1. The summed E-state index contributed by atoms with van der Waals surface area (Å²) >= 11 is 0. The van der Waals surface area contributed by atoms with Crippen molar-refractivity contribution in [1.29, 1.82) is 0 Å². The predicted octanol–water partition coefficient (Wildman–Crippen LogP) is 4.11. The Hall–Kier alpha value is -1.91. The zero-order chi connectivity index (χ0) is 22.3. The van der Waals surface area contributed by atoms with Gasteiger partial charge in [0, 0.05) is 12.9 Å². The Balaban J connectivity index is 1.93. The lowest BCUT2D eigenvalue weighted by molar-refractivity contribution is -0.137. The van der Waals surface area contributed by atoms with Gasteiger partial charge in [-0.1, -0.05) is 12.1 Å². The van der Waals surface area contributed by atoms with Crippen LogP contribution >= 0.6 is 0 Å². The molecule has 0 radical (unpaired) electrons. The molecule has 0 aromatic heterocycles. The summed E-state index contributed by atoms with van der Waals surface area (Å²) in [6.45, 7) is 1.85. The molecule has 1 saturated heterocycles.